The molecule has 0 bridgehead atoms. The summed E-state index contributed by atoms with van der Waals surface area (Å²) in [6.45, 7) is 5.44. The average molecular weight is 306 g/mol. The first kappa shape index (κ1) is 16.3. The first-order chi connectivity index (χ1) is 10.6. The quantitative estimate of drug-likeness (QED) is 0.772. The van der Waals surface area contributed by atoms with Gasteiger partial charge >= 0.3 is 0 Å². The van der Waals surface area contributed by atoms with Crippen molar-refractivity contribution in [3.63, 3.8) is 0 Å². The lowest BCUT2D eigenvalue weighted by molar-refractivity contribution is -0.128. The molecule has 1 N–H and O–H groups in total. The van der Waals surface area contributed by atoms with Crippen LogP contribution < -0.4 is 15.0 Å². The predicted octanol–water partition coefficient (Wildman–Crippen LogP) is 1.34. The van der Waals surface area contributed by atoms with Gasteiger partial charge in [0.2, 0.25) is 5.91 Å². The Morgan fingerprint density at radius 2 is 2.18 bits per heavy atom. The maximum Gasteiger partial charge on any atom is 0.268 e. The third-order valence-corrected chi connectivity index (χ3v) is 3.37. The molecule has 6 nitrogen and oxygen atoms in total. The summed E-state index contributed by atoms with van der Waals surface area (Å²) in [6, 6.07) is 7.23. The van der Waals surface area contributed by atoms with E-state index < -0.39 is 6.10 Å². The van der Waals surface area contributed by atoms with Gasteiger partial charge < -0.3 is 14.8 Å². The molecule has 1 aromatic carbocycles. The Labute approximate surface area is 130 Å². The lowest BCUT2D eigenvalue weighted by Gasteiger charge is -2.32. The first-order valence-corrected chi connectivity index (χ1v) is 7.55. The summed E-state index contributed by atoms with van der Waals surface area (Å²) in [5.74, 6) is 0.232. The molecule has 0 aromatic heterocycles. The second kappa shape index (κ2) is 7.79. The molecule has 6 heteroatoms. The van der Waals surface area contributed by atoms with Gasteiger partial charge in [-0.3, -0.25) is 14.5 Å². The number of rotatable bonds is 7. The molecule has 1 heterocycles. The zero-order valence-corrected chi connectivity index (χ0v) is 13.0. The van der Waals surface area contributed by atoms with Crippen molar-refractivity contribution >= 4 is 17.5 Å². The van der Waals surface area contributed by atoms with Gasteiger partial charge in [-0.15, -0.1) is 0 Å². The van der Waals surface area contributed by atoms with Crippen LogP contribution in [0.15, 0.2) is 24.3 Å². The van der Waals surface area contributed by atoms with E-state index in [0.29, 0.717) is 31.2 Å². The topological polar surface area (TPSA) is 67.9 Å². The van der Waals surface area contributed by atoms with Crippen molar-refractivity contribution in [2.24, 2.45) is 0 Å². The van der Waals surface area contributed by atoms with Crippen molar-refractivity contribution in [3.05, 3.63) is 24.3 Å². The molecule has 1 aliphatic heterocycles. The van der Waals surface area contributed by atoms with E-state index in [2.05, 4.69) is 5.32 Å². The number of amides is 2. The minimum Gasteiger partial charge on any atom is -0.479 e. The fraction of sp³-hybridized carbons (Fsp3) is 0.500. The number of fused-ring (bicyclic) bond motifs is 1. The van der Waals surface area contributed by atoms with Crippen LogP contribution in [-0.4, -0.2) is 44.2 Å². The molecule has 1 aromatic rings. The highest BCUT2D eigenvalue weighted by Gasteiger charge is 2.32. The minimum atomic E-state index is -0.583. The Kier molecular flexibility index (Phi) is 5.77. The van der Waals surface area contributed by atoms with Crippen LogP contribution in [0.25, 0.3) is 0 Å². The molecule has 2 amide bonds. The van der Waals surface area contributed by atoms with Crippen molar-refractivity contribution < 1.29 is 19.1 Å². The number of hydrogen-bond acceptors (Lipinski definition) is 4. The molecule has 0 fully saturated rings. The number of nitrogens with zero attached hydrogens (tertiary/aromatic N) is 1. The Morgan fingerprint density at radius 1 is 1.41 bits per heavy atom. The third-order valence-electron chi connectivity index (χ3n) is 3.37. The summed E-state index contributed by atoms with van der Waals surface area (Å²) < 4.78 is 10.8. The van der Waals surface area contributed by atoms with Gasteiger partial charge in [0.15, 0.2) is 6.10 Å². The number of carbonyl (C=O) groups is 2. The van der Waals surface area contributed by atoms with E-state index in [4.69, 9.17) is 9.47 Å². The van der Waals surface area contributed by atoms with Crippen LogP contribution in [0.3, 0.4) is 0 Å². The van der Waals surface area contributed by atoms with Crippen LogP contribution in [0.1, 0.15) is 20.3 Å². The monoisotopic (exact) mass is 306 g/mol. The van der Waals surface area contributed by atoms with E-state index in [9.17, 15) is 9.59 Å². The molecule has 22 heavy (non-hydrogen) atoms. The maximum absolute atomic E-state index is 12.2. The van der Waals surface area contributed by atoms with Crippen molar-refractivity contribution in [1.29, 1.82) is 0 Å². The SMILES string of the molecule is CCOCCCNC(=O)CN1C(=O)[C@@H](C)Oc2ccccc21. The molecule has 1 aliphatic rings. The number of ether oxygens (including phenoxy) is 2. The van der Waals surface area contributed by atoms with Crippen molar-refractivity contribution in [3.8, 4) is 5.75 Å². The van der Waals surface area contributed by atoms with E-state index in [1.807, 2.05) is 19.1 Å². The number of carbonyl (C=O) groups excluding carboxylic acids is 2. The van der Waals surface area contributed by atoms with E-state index in [1.165, 1.54) is 4.90 Å². The highest BCUT2D eigenvalue weighted by atomic mass is 16.5. The molecule has 0 aliphatic carbocycles. The minimum absolute atomic E-state index is 0.00180. The Bertz CT molecular complexity index is 533. The van der Waals surface area contributed by atoms with Gasteiger partial charge in [0, 0.05) is 19.8 Å². The van der Waals surface area contributed by atoms with Gasteiger partial charge in [0.05, 0.1) is 5.69 Å². The second-order valence-corrected chi connectivity index (χ2v) is 5.05. The fourth-order valence-corrected chi connectivity index (χ4v) is 2.27. The zero-order valence-electron chi connectivity index (χ0n) is 13.0. The summed E-state index contributed by atoms with van der Waals surface area (Å²) in [5.41, 5.74) is 0.634. The normalized spacial score (nSPS) is 16.9. The van der Waals surface area contributed by atoms with Crippen LogP contribution in [0.2, 0.25) is 0 Å². The molecule has 0 saturated heterocycles. The van der Waals surface area contributed by atoms with E-state index in [1.54, 1.807) is 19.1 Å². The largest absolute Gasteiger partial charge is 0.479 e. The molecule has 120 valence electrons. The summed E-state index contributed by atoms with van der Waals surface area (Å²) >= 11 is 0. The molecule has 0 spiro atoms. The van der Waals surface area contributed by atoms with Crippen molar-refractivity contribution in [1.82, 2.24) is 5.32 Å². The summed E-state index contributed by atoms with van der Waals surface area (Å²) in [4.78, 5) is 25.7. The Morgan fingerprint density at radius 3 is 2.95 bits per heavy atom. The predicted molar refractivity (Wildman–Crippen MR) is 83.0 cm³/mol. The molecule has 0 saturated carbocycles. The van der Waals surface area contributed by atoms with E-state index in [-0.39, 0.29) is 18.4 Å². The number of benzene rings is 1. The summed E-state index contributed by atoms with van der Waals surface area (Å²) in [5, 5.41) is 2.80. The maximum atomic E-state index is 12.2. The number of anilines is 1. The van der Waals surface area contributed by atoms with Crippen LogP contribution in [0.5, 0.6) is 5.75 Å². The zero-order chi connectivity index (χ0) is 15.9. The molecule has 2 rings (SSSR count). The van der Waals surface area contributed by atoms with E-state index >= 15 is 0 Å². The Hall–Kier alpha value is -2.08. The standard InChI is InChI=1S/C16H22N2O4/c1-3-21-10-6-9-17-15(19)11-18-13-7-4-5-8-14(13)22-12(2)16(18)20/h4-5,7-8,12H,3,6,9-11H2,1-2H3,(H,17,19)/t12-/m1/s1. The molecule has 0 unspecified atom stereocenters. The molecular formula is C16H22N2O4. The van der Waals surface area contributed by atoms with Crippen molar-refractivity contribution in [2.45, 2.75) is 26.4 Å². The summed E-state index contributed by atoms with van der Waals surface area (Å²) in [6.07, 6.45) is 0.171. The van der Waals surface area contributed by atoms with Gasteiger partial charge in [-0.05, 0) is 32.4 Å². The fourth-order valence-electron chi connectivity index (χ4n) is 2.27. The van der Waals surface area contributed by atoms with E-state index in [0.717, 1.165) is 6.42 Å². The highest BCUT2D eigenvalue weighted by molar-refractivity contribution is 6.03. The third kappa shape index (κ3) is 3.98. The number of nitrogens with one attached hydrogen (secondary N) is 1. The van der Waals surface area contributed by atoms with Gasteiger partial charge in [-0.1, -0.05) is 12.1 Å². The van der Waals surface area contributed by atoms with Crippen LogP contribution in [0.4, 0.5) is 5.69 Å². The van der Waals surface area contributed by atoms with Crippen LogP contribution >= 0.6 is 0 Å². The molecule has 1 atom stereocenters. The summed E-state index contributed by atoms with van der Waals surface area (Å²) in [7, 11) is 0. The molecular weight excluding hydrogens is 284 g/mol. The van der Waals surface area contributed by atoms with Crippen LogP contribution in [-0.2, 0) is 14.3 Å². The van der Waals surface area contributed by atoms with Crippen LogP contribution in [0, 0.1) is 0 Å². The lowest BCUT2D eigenvalue weighted by atomic mass is 10.2. The average Bonchev–Trinajstić information content (AvgIpc) is 2.51. The first-order valence-electron chi connectivity index (χ1n) is 7.55. The second-order valence-electron chi connectivity index (χ2n) is 5.05. The van der Waals surface area contributed by atoms with Gasteiger partial charge in [-0.2, -0.15) is 0 Å². The molecule has 0 radical (unpaired) electrons. The number of hydrogen-bond donors (Lipinski definition) is 1. The smallest absolute Gasteiger partial charge is 0.268 e. The number of para-hydroxylation sites is 2. The lowest BCUT2D eigenvalue weighted by Crippen LogP contribution is -2.48. The highest BCUT2D eigenvalue weighted by Crippen LogP contribution is 2.33. The van der Waals surface area contributed by atoms with Crippen molar-refractivity contribution in [2.75, 3.05) is 31.2 Å². The van der Waals surface area contributed by atoms with Gasteiger partial charge in [0.1, 0.15) is 12.3 Å². The Balaban J connectivity index is 1.93. The van der Waals surface area contributed by atoms with Gasteiger partial charge in [-0.25, -0.2) is 0 Å². The van der Waals surface area contributed by atoms with Gasteiger partial charge in [0.25, 0.3) is 5.91 Å².